The van der Waals surface area contributed by atoms with Crippen LogP contribution >= 0.6 is 0 Å². The number of ether oxygens (including phenoxy) is 1. The van der Waals surface area contributed by atoms with Gasteiger partial charge in [0.05, 0.1) is 12.7 Å². The number of fused-ring (bicyclic) bond motifs is 1. The van der Waals surface area contributed by atoms with Gasteiger partial charge in [0.25, 0.3) is 0 Å². The highest BCUT2D eigenvalue weighted by Crippen LogP contribution is 2.26. The SMILES string of the molecule is CN(C)C[C@H]1OCCc2ccccc21. The summed E-state index contributed by atoms with van der Waals surface area (Å²) in [4.78, 5) is 2.17. The molecule has 1 atom stereocenters. The molecule has 0 bridgehead atoms. The standard InChI is InChI=1S/C12H17NO/c1-13(2)9-12-11-6-4-3-5-10(11)7-8-14-12/h3-6,12H,7-9H2,1-2H3/t12-/m1/s1. The minimum absolute atomic E-state index is 0.259. The third kappa shape index (κ3) is 1.97. The average molecular weight is 191 g/mol. The number of benzene rings is 1. The van der Waals surface area contributed by atoms with Gasteiger partial charge in [-0.2, -0.15) is 0 Å². The van der Waals surface area contributed by atoms with Crippen molar-refractivity contribution >= 4 is 0 Å². The summed E-state index contributed by atoms with van der Waals surface area (Å²) >= 11 is 0. The Morgan fingerprint density at radius 1 is 1.36 bits per heavy atom. The molecule has 1 aromatic carbocycles. The van der Waals surface area contributed by atoms with Crippen LogP contribution < -0.4 is 0 Å². The molecule has 0 saturated heterocycles. The summed E-state index contributed by atoms with van der Waals surface area (Å²) in [5.74, 6) is 0. The molecule has 0 spiro atoms. The van der Waals surface area contributed by atoms with Crippen molar-refractivity contribution < 1.29 is 4.74 Å². The lowest BCUT2D eigenvalue weighted by atomic mass is 9.97. The Hall–Kier alpha value is -0.860. The molecule has 1 aliphatic heterocycles. The van der Waals surface area contributed by atoms with E-state index in [0.29, 0.717) is 0 Å². The highest BCUT2D eigenvalue weighted by atomic mass is 16.5. The third-order valence-corrected chi connectivity index (χ3v) is 2.62. The van der Waals surface area contributed by atoms with Gasteiger partial charge in [-0.3, -0.25) is 0 Å². The molecule has 0 unspecified atom stereocenters. The maximum atomic E-state index is 5.77. The molecule has 2 rings (SSSR count). The fraction of sp³-hybridized carbons (Fsp3) is 0.500. The number of likely N-dealkylation sites (N-methyl/N-ethyl adjacent to an activating group) is 1. The summed E-state index contributed by atoms with van der Waals surface area (Å²) in [5.41, 5.74) is 2.82. The lowest BCUT2D eigenvalue weighted by Crippen LogP contribution is -2.26. The average Bonchev–Trinajstić information content (AvgIpc) is 2.18. The Morgan fingerprint density at radius 3 is 2.93 bits per heavy atom. The monoisotopic (exact) mass is 191 g/mol. The van der Waals surface area contributed by atoms with E-state index in [1.807, 2.05) is 0 Å². The van der Waals surface area contributed by atoms with Crippen molar-refractivity contribution in [2.45, 2.75) is 12.5 Å². The van der Waals surface area contributed by atoms with Crippen molar-refractivity contribution in [2.75, 3.05) is 27.2 Å². The lowest BCUT2D eigenvalue weighted by Gasteiger charge is -2.28. The maximum Gasteiger partial charge on any atom is 0.0954 e. The predicted octanol–water partition coefficient (Wildman–Crippen LogP) is 1.86. The highest BCUT2D eigenvalue weighted by molar-refractivity contribution is 5.31. The summed E-state index contributed by atoms with van der Waals surface area (Å²) in [5, 5.41) is 0. The van der Waals surface area contributed by atoms with Crippen LogP contribution in [-0.4, -0.2) is 32.1 Å². The second-order valence-corrected chi connectivity index (χ2v) is 4.07. The van der Waals surface area contributed by atoms with Gasteiger partial charge in [-0.15, -0.1) is 0 Å². The minimum Gasteiger partial charge on any atom is -0.372 e. The van der Waals surface area contributed by atoms with Crippen molar-refractivity contribution in [3.05, 3.63) is 35.4 Å². The first-order valence-corrected chi connectivity index (χ1v) is 5.11. The Balaban J connectivity index is 2.22. The molecule has 2 nitrogen and oxygen atoms in total. The van der Waals surface area contributed by atoms with Crippen molar-refractivity contribution in [3.8, 4) is 0 Å². The molecule has 0 saturated carbocycles. The molecule has 1 aliphatic rings. The van der Waals surface area contributed by atoms with Crippen LogP contribution in [0, 0.1) is 0 Å². The molecule has 0 aromatic heterocycles. The molecule has 1 aromatic rings. The van der Waals surface area contributed by atoms with Crippen molar-refractivity contribution in [3.63, 3.8) is 0 Å². The van der Waals surface area contributed by atoms with Crippen LogP contribution in [0.3, 0.4) is 0 Å². The zero-order valence-electron chi connectivity index (χ0n) is 8.86. The van der Waals surface area contributed by atoms with Crippen molar-refractivity contribution in [2.24, 2.45) is 0 Å². The van der Waals surface area contributed by atoms with Crippen LogP contribution in [0.2, 0.25) is 0 Å². The first-order valence-electron chi connectivity index (χ1n) is 5.11. The van der Waals surface area contributed by atoms with Crippen LogP contribution in [0.4, 0.5) is 0 Å². The van der Waals surface area contributed by atoms with Gasteiger partial charge < -0.3 is 9.64 Å². The molecule has 0 aliphatic carbocycles. The van der Waals surface area contributed by atoms with Gasteiger partial charge in [-0.25, -0.2) is 0 Å². The Bertz CT molecular complexity index is 309. The molecule has 0 N–H and O–H groups in total. The van der Waals surface area contributed by atoms with Gasteiger partial charge >= 0.3 is 0 Å². The summed E-state index contributed by atoms with van der Waals surface area (Å²) in [6, 6.07) is 8.59. The van der Waals surface area contributed by atoms with E-state index in [1.54, 1.807) is 0 Å². The van der Waals surface area contributed by atoms with E-state index >= 15 is 0 Å². The van der Waals surface area contributed by atoms with Gasteiger partial charge in [0.1, 0.15) is 0 Å². The normalized spacial score (nSPS) is 20.9. The smallest absolute Gasteiger partial charge is 0.0954 e. The molecule has 0 radical (unpaired) electrons. The number of rotatable bonds is 2. The van der Waals surface area contributed by atoms with E-state index in [4.69, 9.17) is 4.74 Å². The van der Waals surface area contributed by atoms with Gasteiger partial charge in [-0.05, 0) is 31.6 Å². The van der Waals surface area contributed by atoms with E-state index in [9.17, 15) is 0 Å². The summed E-state index contributed by atoms with van der Waals surface area (Å²) in [6.07, 6.45) is 1.31. The second kappa shape index (κ2) is 4.11. The van der Waals surface area contributed by atoms with E-state index in [1.165, 1.54) is 11.1 Å². The van der Waals surface area contributed by atoms with Crippen molar-refractivity contribution in [1.29, 1.82) is 0 Å². The Kier molecular flexibility index (Phi) is 2.85. The van der Waals surface area contributed by atoms with Crippen molar-refractivity contribution in [1.82, 2.24) is 4.90 Å². The fourth-order valence-electron chi connectivity index (χ4n) is 1.96. The van der Waals surface area contributed by atoms with E-state index < -0.39 is 0 Å². The first-order chi connectivity index (χ1) is 6.77. The lowest BCUT2D eigenvalue weighted by molar-refractivity contribution is 0.0254. The number of hydrogen-bond acceptors (Lipinski definition) is 2. The molecule has 0 fully saturated rings. The third-order valence-electron chi connectivity index (χ3n) is 2.62. The molecular formula is C12H17NO. The van der Waals surface area contributed by atoms with E-state index in [-0.39, 0.29) is 6.10 Å². The maximum absolute atomic E-state index is 5.77. The molecule has 1 heterocycles. The molecule has 76 valence electrons. The second-order valence-electron chi connectivity index (χ2n) is 4.07. The topological polar surface area (TPSA) is 12.5 Å². The summed E-state index contributed by atoms with van der Waals surface area (Å²) < 4.78 is 5.77. The summed E-state index contributed by atoms with van der Waals surface area (Å²) in [7, 11) is 4.17. The van der Waals surface area contributed by atoms with Crippen LogP contribution in [0.25, 0.3) is 0 Å². The number of hydrogen-bond donors (Lipinski definition) is 0. The molecule has 14 heavy (non-hydrogen) atoms. The van der Waals surface area contributed by atoms with Gasteiger partial charge in [0.2, 0.25) is 0 Å². The minimum atomic E-state index is 0.259. The van der Waals surface area contributed by atoms with E-state index in [2.05, 4.69) is 43.3 Å². The van der Waals surface area contributed by atoms with Gasteiger partial charge in [0.15, 0.2) is 0 Å². The van der Waals surface area contributed by atoms with Gasteiger partial charge in [0, 0.05) is 6.54 Å². The van der Waals surface area contributed by atoms with E-state index in [0.717, 1.165) is 19.6 Å². The van der Waals surface area contributed by atoms with Gasteiger partial charge in [-0.1, -0.05) is 24.3 Å². The zero-order chi connectivity index (χ0) is 9.97. The molecule has 2 heteroatoms. The highest BCUT2D eigenvalue weighted by Gasteiger charge is 2.20. The van der Waals surface area contributed by atoms with Crippen LogP contribution in [0.5, 0.6) is 0 Å². The summed E-state index contributed by atoms with van der Waals surface area (Å²) in [6.45, 7) is 1.83. The Labute approximate surface area is 85.5 Å². The van der Waals surface area contributed by atoms with Crippen LogP contribution in [0.15, 0.2) is 24.3 Å². The molecular weight excluding hydrogens is 174 g/mol. The quantitative estimate of drug-likeness (QED) is 0.707. The largest absolute Gasteiger partial charge is 0.372 e. The fourth-order valence-corrected chi connectivity index (χ4v) is 1.96. The number of nitrogens with zero attached hydrogens (tertiary/aromatic N) is 1. The Morgan fingerprint density at radius 2 is 2.14 bits per heavy atom. The predicted molar refractivity (Wildman–Crippen MR) is 57.4 cm³/mol. The first kappa shape index (κ1) is 9.69. The molecule has 0 amide bonds. The van der Waals surface area contributed by atoms with Crippen LogP contribution in [-0.2, 0) is 11.2 Å². The van der Waals surface area contributed by atoms with Crippen LogP contribution in [0.1, 0.15) is 17.2 Å². The zero-order valence-corrected chi connectivity index (χ0v) is 8.86.